The maximum atomic E-state index is 11.3. The van der Waals surface area contributed by atoms with Crippen LogP contribution in [0.3, 0.4) is 0 Å². The van der Waals surface area contributed by atoms with Gasteiger partial charge in [0.15, 0.2) is 0 Å². The van der Waals surface area contributed by atoms with Crippen LogP contribution in [-0.2, 0) is 14.4 Å². The predicted molar refractivity (Wildman–Crippen MR) is 68.7 cm³/mol. The van der Waals surface area contributed by atoms with Gasteiger partial charge in [-0.25, -0.2) is 0 Å². The average molecular weight is 302 g/mol. The maximum absolute atomic E-state index is 11.3. The molecule has 1 rings (SSSR count). The molecule has 0 saturated heterocycles. The van der Waals surface area contributed by atoms with Gasteiger partial charge in [0.25, 0.3) is 0 Å². The molecule has 3 N–H and O–H groups in total. The second-order valence-corrected chi connectivity index (χ2v) is 4.42. The lowest BCUT2D eigenvalue weighted by atomic mass is 10.1. The summed E-state index contributed by atoms with van der Waals surface area (Å²) in [5.41, 5.74) is 0.254. The molecule has 8 heteroatoms. The number of carbonyl (C=O) groups is 3. The summed E-state index contributed by atoms with van der Waals surface area (Å²) in [5.74, 6) is -3.97. The fourth-order valence-corrected chi connectivity index (χ4v) is 1.87. The first-order valence-electron chi connectivity index (χ1n) is 5.47. The summed E-state index contributed by atoms with van der Waals surface area (Å²) in [6.07, 6.45) is 0. The van der Waals surface area contributed by atoms with Crippen molar-refractivity contribution in [1.29, 1.82) is 0 Å². The van der Waals surface area contributed by atoms with E-state index in [2.05, 4.69) is 0 Å². The molecule has 0 amide bonds. The summed E-state index contributed by atoms with van der Waals surface area (Å²) in [6.45, 7) is -1.40. The van der Waals surface area contributed by atoms with E-state index in [4.69, 9.17) is 21.8 Å². The molecular formula is C12H12ClNO6. The van der Waals surface area contributed by atoms with Crippen LogP contribution in [-0.4, -0.2) is 51.2 Å². The standard InChI is InChI=1S/C12H12ClNO6/c13-8-3-1-7(2-4-8)11(12(19)20)14(5-9(15)16)6-10(17)18/h1-4,11H,5-6H2,(H,15,16)(H,17,18)(H,19,20). The molecule has 0 aromatic heterocycles. The minimum absolute atomic E-state index is 0.254. The van der Waals surface area contributed by atoms with Crippen molar-refractivity contribution in [2.24, 2.45) is 0 Å². The molecule has 20 heavy (non-hydrogen) atoms. The molecule has 0 saturated carbocycles. The first-order valence-corrected chi connectivity index (χ1v) is 5.85. The summed E-state index contributed by atoms with van der Waals surface area (Å²) in [7, 11) is 0. The van der Waals surface area contributed by atoms with Gasteiger partial charge in [0.2, 0.25) is 0 Å². The summed E-state index contributed by atoms with van der Waals surface area (Å²) < 4.78 is 0. The number of rotatable bonds is 7. The molecule has 0 fully saturated rings. The highest BCUT2D eigenvalue weighted by molar-refractivity contribution is 6.30. The molecule has 0 radical (unpaired) electrons. The Balaban J connectivity index is 3.12. The van der Waals surface area contributed by atoms with Crippen LogP contribution in [0, 0.1) is 0 Å². The monoisotopic (exact) mass is 301 g/mol. The number of hydrogen-bond acceptors (Lipinski definition) is 4. The van der Waals surface area contributed by atoms with Crippen LogP contribution in [0.2, 0.25) is 5.02 Å². The van der Waals surface area contributed by atoms with Gasteiger partial charge in [-0.2, -0.15) is 0 Å². The van der Waals surface area contributed by atoms with Crippen molar-refractivity contribution in [3.63, 3.8) is 0 Å². The molecule has 1 aromatic rings. The zero-order valence-electron chi connectivity index (χ0n) is 10.2. The highest BCUT2D eigenvalue weighted by Gasteiger charge is 2.30. The second-order valence-electron chi connectivity index (χ2n) is 3.98. The summed E-state index contributed by atoms with van der Waals surface area (Å²) in [4.78, 5) is 33.7. The zero-order chi connectivity index (χ0) is 15.3. The minimum Gasteiger partial charge on any atom is -0.480 e. The molecule has 0 aliphatic rings. The average Bonchev–Trinajstić information content (AvgIpc) is 2.29. The molecule has 1 aromatic carbocycles. The van der Waals surface area contributed by atoms with E-state index in [0.717, 1.165) is 4.90 Å². The molecule has 0 spiro atoms. The molecule has 0 bridgehead atoms. The van der Waals surface area contributed by atoms with E-state index in [1.807, 2.05) is 0 Å². The van der Waals surface area contributed by atoms with Crippen molar-refractivity contribution < 1.29 is 29.7 Å². The van der Waals surface area contributed by atoms with Crippen LogP contribution in [0.25, 0.3) is 0 Å². The topological polar surface area (TPSA) is 115 Å². The molecule has 1 unspecified atom stereocenters. The first-order chi connectivity index (χ1) is 9.31. The van der Waals surface area contributed by atoms with Gasteiger partial charge in [0.05, 0.1) is 13.1 Å². The van der Waals surface area contributed by atoms with Gasteiger partial charge in [0, 0.05) is 5.02 Å². The van der Waals surface area contributed by atoms with Crippen molar-refractivity contribution in [3.8, 4) is 0 Å². The largest absolute Gasteiger partial charge is 0.480 e. The molecule has 108 valence electrons. The van der Waals surface area contributed by atoms with Crippen LogP contribution >= 0.6 is 11.6 Å². The normalized spacial score (nSPS) is 12.1. The smallest absolute Gasteiger partial charge is 0.325 e. The third-order valence-corrected chi connectivity index (χ3v) is 2.71. The number of carboxylic acid groups (broad SMARTS) is 3. The molecule has 0 aliphatic heterocycles. The SMILES string of the molecule is O=C(O)CN(CC(=O)O)C(C(=O)O)c1ccc(Cl)cc1. The minimum atomic E-state index is -1.38. The lowest BCUT2D eigenvalue weighted by molar-refractivity contribution is -0.149. The van der Waals surface area contributed by atoms with E-state index in [1.54, 1.807) is 0 Å². The Morgan fingerprint density at radius 1 is 1.00 bits per heavy atom. The van der Waals surface area contributed by atoms with Crippen LogP contribution in [0.5, 0.6) is 0 Å². The van der Waals surface area contributed by atoms with E-state index in [9.17, 15) is 19.5 Å². The fourth-order valence-electron chi connectivity index (χ4n) is 1.74. The predicted octanol–water partition coefficient (Wildman–Crippen LogP) is 0.937. The quantitative estimate of drug-likeness (QED) is 0.686. The van der Waals surface area contributed by atoms with Crippen molar-refractivity contribution in [2.75, 3.05) is 13.1 Å². The first kappa shape index (κ1) is 15.9. The van der Waals surface area contributed by atoms with E-state index >= 15 is 0 Å². The van der Waals surface area contributed by atoms with Crippen molar-refractivity contribution in [3.05, 3.63) is 34.9 Å². The highest BCUT2D eigenvalue weighted by atomic mass is 35.5. The van der Waals surface area contributed by atoms with Crippen LogP contribution in [0.1, 0.15) is 11.6 Å². The number of carboxylic acids is 3. The Labute approximate surface area is 119 Å². The molecular weight excluding hydrogens is 290 g/mol. The van der Waals surface area contributed by atoms with E-state index in [1.165, 1.54) is 24.3 Å². The van der Waals surface area contributed by atoms with E-state index < -0.39 is 37.0 Å². The van der Waals surface area contributed by atoms with Crippen LogP contribution in [0.15, 0.2) is 24.3 Å². The van der Waals surface area contributed by atoms with E-state index in [-0.39, 0.29) is 5.56 Å². The summed E-state index contributed by atoms with van der Waals surface area (Å²) >= 11 is 5.69. The number of nitrogens with zero attached hydrogens (tertiary/aromatic N) is 1. The van der Waals surface area contributed by atoms with Gasteiger partial charge < -0.3 is 15.3 Å². The highest BCUT2D eigenvalue weighted by Crippen LogP contribution is 2.22. The molecule has 7 nitrogen and oxygen atoms in total. The van der Waals surface area contributed by atoms with Crippen molar-refractivity contribution >= 4 is 29.5 Å². The Morgan fingerprint density at radius 3 is 1.80 bits per heavy atom. The van der Waals surface area contributed by atoms with Gasteiger partial charge in [0.1, 0.15) is 6.04 Å². The Bertz CT molecular complexity index is 499. The zero-order valence-corrected chi connectivity index (χ0v) is 10.9. The molecule has 1 atom stereocenters. The van der Waals surface area contributed by atoms with E-state index in [0.29, 0.717) is 5.02 Å². The Kier molecular flexibility index (Phi) is 5.48. The Hall–Kier alpha value is -2.12. The summed E-state index contributed by atoms with van der Waals surface area (Å²) in [5, 5.41) is 27.2. The number of benzene rings is 1. The number of hydrogen-bond donors (Lipinski definition) is 3. The maximum Gasteiger partial charge on any atom is 0.325 e. The summed E-state index contributed by atoms with van der Waals surface area (Å²) in [6, 6.07) is 4.36. The van der Waals surface area contributed by atoms with Crippen molar-refractivity contribution in [2.45, 2.75) is 6.04 Å². The van der Waals surface area contributed by atoms with Crippen LogP contribution in [0.4, 0.5) is 0 Å². The molecule has 0 aliphatic carbocycles. The van der Waals surface area contributed by atoms with Gasteiger partial charge in [-0.15, -0.1) is 0 Å². The number of aliphatic carboxylic acids is 3. The third kappa shape index (κ3) is 4.52. The lowest BCUT2D eigenvalue weighted by Gasteiger charge is -2.25. The lowest BCUT2D eigenvalue weighted by Crippen LogP contribution is -2.41. The van der Waals surface area contributed by atoms with Crippen molar-refractivity contribution in [1.82, 2.24) is 4.90 Å². The van der Waals surface area contributed by atoms with Gasteiger partial charge in [-0.05, 0) is 17.7 Å². The van der Waals surface area contributed by atoms with Crippen LogP contribution < -0.4 is 0 Å². The Morgan fingerprint density at radius 2 is 1.45 bits per heavy atom. The second kappa shape index (κ2) is 6.88. The third-order valence-electron chi connectivity index (χ3n) is 2.46. The molecule has 0 heterocycles. The van der Waals surface area contributed by atoms with Gasteiger partial charge in [-0.1, -0.05) is 23.7 Å². The van der Waals surface area contributed by atoms with Gasteiger partial charge in [-0.3, -0.25) is 19.3 Å². The number of halogens is 1. The van der Waals surface area contributed by atoms with Gasteiger partial charge >= 0.3 is 17.9 Å². The fraction of sp³-hybridized carbons (Fsp3) is 0.250.